The molecule has 1 saturated heterocycles. The van der Waals surface area contributed by atoms with Gasteiger partial charge in [-0.05, 0) is 68.6 Å². The van der Waals surface area contributed by atoms with Gasteiger partial charge < -0.3 is 9.80 Å². The second-order valence-corrected chi connectivity index (χ2v) is 8.48. The molecule has 0 radical (unpaired) electrons. The summed E-state index contributed by atoms with van der Waals surface area (Å²) in [7, 11) is 0. The van der Waals surface area contributed by atoms with Gasteiger partial charge in [-0.3, -0.25) is 9.69 Å². The van der Waals surface area contributed by atoms with Crippen molar-refractivity contribution in [2.75, 3.05) is 52.4 Å². The molecule has 2 aromatic carbocycles. The summed E-state index contributed by atoms with van der Waals surface area (Å²) in [6.07, 6.45) is 1.91. The third-order valence-corrected chi connectivity index (χ3v) is 6.45. The molecule has 0 aromatic heterocycles. The van der Waals surface area contributed by atoms with Crippen molar-refractivity contribution in [2.24, 2.45) is 0 Å². The highest BCUT2D eigenvalue weighted by molar-refractivity contribution is 5.78. The lowest BCUT2D eigenvalue weighted by atomic mass is 9.87. The molecule has 6 heteroatoms. The molecule has 2 aromatic rings. The van der Waals surface area contributed by atoms with Crippen LogP contribution in [0.2, 0.25) is 0 Å². The molecule has 1 fully saturated rings. The molecule has 4 nitrogen and oxygen atoms in total. The van der Waals surface area contributed by atoms with Gasteiger partial charge in [0.15, 0.2) is 0 Å². The number of nitrogens with zero attached hydrogens (tertiary/aromatic N) is 3. The Labute approximate surface area is 190 Å². The molecule has 0 bridgehead atoms. The Balaban J connectivity index is 1.50. The zero-order valence-corrected chi connectivity index (χ0v) is 19.3. The summed E-state index contributed by atoms with van der Waals surface area (Å²) in [6, 6.07) is 13.3. The maximum absolute atomic E-state index is 13.4. The molecule has 0 atom stereocenters. The molecular weight excluding hydrogens is 408 g/mol. The Hall–Kier alpha value is -2.31. The Morgan fingerprint density at radius 3 is 1.78 bits per heavy atom. The fraction of sp³-hybridized carbons (Fsp3) is 0.500. The van der Waals surface area contributed by atoms with E-state index in [-0.39, 0.29) is 23.5 Å². The maximum atomic E-state index is 13.4. The molecule has 1 aliphatic rings. The minimum absolute atomic E-state index is 0.115. The summed E-state index contributed by atoms with van der Waals surface area (Å²) in [5.41, 5.74) is 2.11. The van der Waals surface area contributed by atoms with Crippen molar-refractivity contribution in [3.05, 3.63) is 71.3 Å². The van der Waals surface area contributed by atoms with Crippen molar-refractivity contribution in [3.63, 3.8) is 0 Å². The second-order valence-electron chi connectivity index (χ2n) is 8.48. The monoisotopic (exact) mass is 443 g/mol. The third-order valence-electron chi connectivity index (χ3n) is 6.45. The number of likely N-dealkylation sites (N-methyl/N-ethyl adjacent to an activating group) is 1. The molecule has 0 N–H and O–H groups in total. The van der Waals surface area contributed by atoms with E-state index in [0.717, 1.165) is 69.8 Å². The SMILES string of the molecule is CCN(CC)C(=O)CN1CCN(CCCC(c2ccc(F)cc2)c2ccc(F)cc2)CC1. The van der Waals surface area contributed by atoms with Crippen molar-refractivity contribution < 1.29 is 13.6 Å². The number of benzene rings is 2. The van der Waals surface area contributed by atoms with Gasteiger partial charge in [0.05, 0.1) is 6.54 Å². The van der Waals surface area contributed by atoms with E-state index in [2.05, 4.69) is 9.80 Å². The molecular formula is C26H35F2N3O. The lowest BCUT2D eigenvalue weighted by Gasteiger charge is -2.35. The summed E-state index contributed by atoms with van der Waals surface area (Å²) < 4.78 is 26.8. The first kappa shape index (κ1) is 24.3. The van der Waals surface area contributed by atoms with Crippen LogP contribution in [-0.2, 0) is 4.79 Å². The van der Waals surface area contributed by atoms with Crippen molar-refractivity contribution >= 4 is 5.91 Å². The van der Waals surface area contributed by atoms with Crippen LogP contribution in [0.5, 0.6) is 0 Å². The smallest absolute Gasteiger partial charge is 0.236 e. The average Bonchev–Trinajstić information content (AvgIpc) is 2.80. The number of rotatable bonds is 10. The number of piperazine rings is 1. The number of carbonyl (C=O) groups is 1. The topological polar surface area (TPSA) is 26.8 Å². The standard InChI is InChI=1S/C26H35F2N3O/c1-3-31(4-2)26(32)20-30-18-16-29(17-19-30)15-5-6-25(21-7-11-23(27)12-8-21)22-9-13-24(28)14-10-22/h7-14,25H,3-6,15-20H2,1-2H3. The van der Waals surface area contributed by atoms with E-state index in [1.807, 2.05) is 43.0 Å². The van der Waals surface area contributed by atoms with Crippen molar-refractivity contribution in [3.8, 4) is 0 Å². The molecule has 1 aliphatic heterocycles. The average molecular weight is 444 g/mol. The molecule has 0 aliphatic carbocycles. The van der Waals surface area contributed by atoms with E-state index in [1.54, 1.807) is 0 Å². The molecule has 0 saturated carbocycles. The van der Waals surface area contributed by atoms with Crippen LogP contribution in [0, 0.1) is 11.6 Å². The van der Waals surface area contributed by atoms with Crippen LogP contribution in [0.4, 0.5) is 8.78 Å². The van der Waals surface area contributed by atoms with Gasteiger partial charge >= 0.3 is 0 Å². The van der Waals surface area contributed by atoms with Gasteiger partial charge in [0.2, 0.25) is 5.91 Å². The highest BCUT2D eigenvalue weighted by Gasteiger charge is 2.21. The number of amides is 1. The highest BCUT2D eigenvalue weighted by atomic mass is 19.1. The van der Waals surface area contributed by atoms with E-state index in [4.69, 9.17) is 0 Å². The van der Waals surface area contributed by atoms with Gasteiger partial charge in [0.25, 0.3) is 0 Å². The van der Waals surface area contributed by atoms with Gasteiger partial charge in [-0.15, -0.1) is 0 Å². The van der Waals surface area contributed by atoms with Crippen molar-refractivity contribution in [1.82, 2.24) is 14.7 Å². The summed E-state index contributed by atoms with van der Waals surface area (Å²) in [6.45, 7) is 10.8. The summed E-state index contributed by atoms with van der Waals surface area (Å²) in [5, 5.41) is 0. The van der Waals surface area contributed by atoms with Crippen LogP contribution in [0.25, 0.3) is 0 Å². The summed E-state index contributed by atoms with van der Waals surface area (Å²) in [5.74, 6) is -0.165. The molecule has 0 unspecified atom stereocenters. The Kier molecular flexibility index (Phi) is 9.18. The minimum Gasteiger partial charge on any atom is -0.342 e. The Morgan fingerprint density at radius 1 is 0.844 bits per heavy atom. The van der Waals surface area contributed by atoms with E-state index >= 15 is 0 Å². The maximum Gasteiger partial charge on any atom is 0.236 e. The highest BCUT2D eigenvalue weighted by Crippen LogP contribution is 2.30. The van der Waals surface area contributed by atoms with Crippen molar-refractivity contribution in [2.45, 2.75) is 32.6 Å². The number of halogens is 2. The van der Waals surface area contributed by atoms with Gasteiger partial charge in [-0.25, -0.2) is 8.78 Å². The number of hydrogen-bond acceptors (Lipinski definition) is 3. The van der Waals surface area contributed by atoms with E-state index < -0.39 is 0 Å². The zero-order chi connectivity index (χ0) is 22.9. The molecule has 3 rings (SSSR count). The van der Waals surface area contributed by atoms with E-state index in [0.29, 0.717) is 6.54 Å². The summed E-state index contributed by atoms with van der Waals surface area (Å²) in [4.78, 5) is 18.9. The van der Waals surface area contributed by atoms with Crippen LogP contribution in [0.1, 0.15) is 43.7 Å². The van der Waals surface area contributed by atoms with Gasteiger partial charge in [-0.2, -0.15) is 0 Å². The predicted octanol–water partition coefficient (Wildman–Crippen LogP) is 4.36. The van der Waals surface area contributed by atoms with E-state index in [1.165, 1.54) is 24.3 Å². The number of hydrogen-bond donors (Lipinski definition) is 0. The third kappa shape index (κ3) is 6.84. The van der Waals surface area contributed by atoms with Gasteiger partial charge in [0.1, 0.15) is 11.6 Å². The molecule has 1 amide bonds. The first-order valence-corrected chi connectivity index (χ1v) is 11.7. The quantitative estimate of drug-likeness (QED) is 0.546. The molecule has 174 valence electrons. The molecule has 1 heterocycles. The number of carbonyl (C=O) groups excluding carboxylic acids is 1. The van der Waals surface area contributed by atoms with Crippen LogP contribution in [0.3, 0.4) is 0 Å². The normalized spacial score (nSPS) is 15.3. The molecule has 0 spiro atoms. The molecule has 32 heavy (non-hydrogen) atoms. The fourth-order valence-corrected chi connectivity index (χ4v) is 4.47. The Morgan fingerprint density at radius 2 is 1.31 bits per heavy atom. The lowest BCUT2D eigenvalue weighted by molar-refractivity contribution is -0.132. The lowest BCUT2D eigenvalue weighted by Crippen LogP contribution is -2.50. The summed E-state index contributed by atoms with van der Waals surface area (Å²) >= 11 is 0. The van der Waals surface area contributed by atoms with Gasteiger partial charge in [0, 0.05) is 45.2 Å². The first-order valence-electron chi connectivity index (χ1n) is 11.7. The Bertz CT molecular complexity index is 784. The first-order chi connectivity index (χ1) is 15.5. The minimum atomic E-state index is -0.246. The van der Waals surface area contributed by atoms with Crippen molar-refractivity contribution in [1.29, 1.82) is 0 Å². The van der Waals surface area contributed by atoms with Crippen LogP contribution in [0.15, 0.2) is 48.5 Å². The second kappa shape index (κ2) is 12.1. The predicted molar refractivity (Wildman–Crippen MR) is 125 cm³/mol. The largest absolute Gasteiger partial charge is 0.342 e. The van der Waals surface area contributed by atoms with E-state index in [9.17, 15) is 13.6 Å². The zero-order valence-electron chi connectivity index (χ0n) is 19.3. The fourth-order valence-electron chi connectivity index (χ4n) is 4.47. The van der Waals surface area contributed by atoms with Crippen LogP contribution >= 0.6 is 0 Å². The van der Waals surface area contributed by atoms with Crippen LogP contribution in [-0.4, -0.2) is 73.0 Å². The van der Waals surface area contributed by atoms with Crippen LogP contribution < -0.4 is 0 Å². The van der Waals surface area contributed by atoms with Gasteiger partial charge in [-0.1, -0.05) is 24.3 Å².